The van der Waals surface area contributed by atoms with Crippen molar-refractivity contribution >= 4 is 12.0 Å². The molecule has 1 unspecified atom stereocenters. The number of aryl methyl sites for hydroxylation is 1. The van der Waals surface area contributed by atoms with E-state index in [1.807, 2.05) is 19.9 Å². The molecule has 0 bridgehead atoms. The number of pyridine rings is 1. The van der Waals surface area contributed by atoms with E-state index in [9.17, 15) is 9.59 Å². The van der Waals surface area contributed by atoms with Crippen molar-refractivity contribution in [2.24, 2.45) is 5.92 Å². The van der Waals surface area contributed by atoms with Crippen LogP contribution in [0.5, 0.6) is 0 Å². The number of hydrogen-bond acceptors (Lipinski definition) is 3. The molecule has 6 nitrogen and oxygen atoms in total. The Morgan fingerprint density at radius 3 is 2.75 bits per heavy atom. The molecule has 0 radical (unpaired) electrons. The number of nitrogens with zero attached hydrogens (tertiary/aromatic N) is 1. The van der Waals surface area contributed by atoms with Crippen LogP contribution in [0.2, 0.25) is 0 Å². The second kappa shape index (κ2) is 8.14. The lowest BCUT2D eigenvalue weighted by Gasteiger charge is -2.13. The number of nitrogens with one attached hydrogen (secondary N) is 2. The number of carboxylic acid groups (broad SMARTS) is 1. The average molecular weight is 279 g/mol. The van der Waals surface area contributed by atoms with Crippen molar-refractivity contribution in [1.82, 2.24) is 15.6 Å². The number of aliphatic carboxylic acids is 1. The van der Waals surface area contributed by atoms with E-state index in [0.717, 1.165) is 17.5 Å². The maximum atomic E-state index is 11.6. The Bertz CT molecular complexity index is 463. The topological polar surface area (TPSA) is 91.3 Å². The van der Waals surface area contributed by atoms with Crippen LogP contribution < -0.4 is 10.6 Å². The number of amides is 2. The number of rotatable bonds is 7. The normalized spacial score (nSPS) is 11.7. The molecule has 20 heavy (non-hydrogen) atoms. The van der Waals surface area contributed by atoms with E-state index in [0.29, 0.717) is 13.0 Å². The van der Waals surface area contributed by atoms with Gasteiger partial charge >= 0.3 is 12.0 Å². The summed E-state index contributed by atoms with van der Waals surface area (Å²) in [5.74, 6) is -1.41. The van der Waals surface area contributed by atoms with E-state index in [4.69, 9.17) is 5.11 Å². The third kappa shape index (κ3) is 5.26. The summed E-state index contributed by atoms with van der Waals surface area (Å²) in [5.41, 5.74) is 1.99. The lowest BCUT2D eigenvalue weighted by Crippen LogP contribution is -2.39. The van der Waals surface area contributed by atoms with Gasteiger partial charge in [-0.2, -0.15) is 0 Å². The number of carboxylic acids is 1. The smallest absolute Gasteiger partial charge is 0.315 e. The zero-order chi connectivity index (χ0) is 15.0. The summed E-state index contributed by atoms with van der Waals surface area (Å²) in [7, 11) is 0. The molecule has 0 aliphatic carbocycles. The largest absolute Gasteiger partial charge is 0.481 e. The first-order valence-corrected chi connectivity index (χ1v) is 6.68. The van der Waals surface area contributed by atoms with Gasteiger partial charge in [-0.3, -0.25) is 9.78 Å². The molecule has 0 saturated heterocycles. The van der Waals surface area contributed by atoms with Gasteiger partial charge in [-0.25, -0.2) is 4.79 Å². The number of aromatic nitrogens is 1. The average Bonchev–Trinajstić information content (AvgIpc) is 2.42. The van der Waals surface area contributed by atoms with Crippen molar-refractivity contribution in [2.75, 3.05) is 6.54 Å². The van der Waals surface area contributed by atoms with Crippen LogP contribution in [0.15, 0.2) is 18.5 Å². The first-order chi connectivity index (χ1) is 9.54. The molecule has 0 aliphatic rings. The maximum Gasteiger partial charge on any atom is 0.315 e. The number of carbonyl (C=O) groups is 2. The Labute approximate surface area is 118 Å². The predicted octanol–water partition coefficient (Wildman–Crippen LogP) is 1.69. The number of carbonyl (C=O) groups excluding carboxylic acids is 1. The van der Waals surface area contributed by atoms with Crippen LogP contribution in [0.4, 0.5) is 4.79 Å². The van der Waals surface area contributed by atoms with Gasteiger partial charge < -0.3 is 15.7 Å². The highest BCUT2D eigenvalue weighted by molar-refractivity contribution is 5.75. The van der Waals surface area contributed by atoms with Crippen LogP contribution in [0.1, 0.15) is 30.9 Å². The molecule has 3 N–H and O–H groups in total. The van der Waals surface area contributed by atoms with Crippen molar-refractivity contribution in [3.63, 3.8) is 0 Å². The van der Waals surface area contributed by atoms with Crippen LogP contribution in [0.3, 0.4) is 0 Å². The van der Waals surface area contributed by atoms with Crippen molar-refractivity contribution in [2.45, 2.75) is 33.2 Å². The lowest BCUT2D eigenvalue weighted by atomic mass is 10.0. The summed E-state index contributed by atoms with van der Waals surface area (Å²) in [6.45, 7) is 4.38. The molecule has 0 aromatic carbocycles. The van der Waals surface area contributed by atoms with Crippen molar-refractivity contribution in [1.29, 1.82) is 0 Å². The van der Waals surface area contributed by atoms with E-state index in [1.54, 1.807) is 12.4 Å². The van der Waals surface area contributed by atoms with Crippen molar-refractivity contribution < 1.29 is 14.7 Å². The van der Waals surface area contributed by atoms with E-state index in [1.165, 1.54) is 0 Å². The number of hydrogen-bond donors (Lipinski definition) is 3. The molecule has 2 amide bonds. The molecule has 1 heterocycles. The van der Waals surface area contributed by atoms with Gasteiger partial charge in [0.15, 0.2) is 0 Å². The minimum absolute atomic E-state index is 0.143. The van der Waals surface area contributed by atoms with Crippen LogP contribution in [0.25, 0.3) is 0 Å². The van der Waals surface area contributed by atoms with Crippen molar-refractivity contribution in [3.05, 3.63) is 29.6 Å². The zero-order valence-corrected chi connectivity index (χ0v) is 11.8. The predicted molar refractivity (Wildman–Crippen MR) is 75.2 cm³/mol. The Morgan fingerprint density at radius 1 is 1.40 bits per heavy atom. The highest BCUT2D eigenvalue weighted by Gasteiger charge is 2.16. The maximum absolute atomic E-state index is 11.6. The highest BCUT2D eigenvalue weighted by atomic mass is 16.4. The summed E-state index contributed by atoms with van der Waals surface area (Å²) >= 11 is 0. The van der Waals surface area contributed by atoms with Gasteiger partial charge in [-0.05, 0) is 30.5 Å². The van der Waals surface area contributed by atoms with E-state index in [-0.39, 0.29) is 12.6 Å². The van der Waals surface area contributed by atoms with E-state index in [2.05, 4.69) is 15.6 Å². The molecule has 0 fully saturated rings. The van der Waals surface area contributed by atoms with Gasteiger partial charge in [0.1, 0.15) is 0 Å². The third-order valence-electron chi connectivity index (χ3n) is 3.07. The van der Waals surface area contributed by atoms with Gasteiger partial charge in [-0.1, -0.05) is 13.3 Å². The fraction of sp³-hybridized carbons (Fsp3) is 0.500. The minimum atomic E-state index is -0.878. The summed E-state index contributed by atoms with van der Waals surface area (Å²) in [5, 5.41) is 14.3. The minimum Gasteiger partial charge on any atom is -0.481 e. The summed E-state index contributed by atoms with van der Waals surface area (Å²) < 4.78 is 0. The summed E-state index contributed by atoms with van der Waals surface area (Å²) in [6, 6.07) is 1.48. The van der Waals surface area contributed by atoms with Gasteiger partial charge in [-0.15, -0.1) is 0 Å². The molecule has 0 spiro atoms. The van der Waals surface area contributed by atoms with Crippen LogP contribution in [0, 0.1) is 12.8 Å². The molecule has 1 rings (SSSR count). The molecule has 0 saturated carbocycles. The Morgan fingerprint density at radius 2 is 2.15 bits per heavy atom. The fourth-order valence-electron chi connectivity index (χ4n) is 1.82. The number of urea groups is 1. The molecule has 0 aliphatic heterocycles. The molecule has 1 aromatic heterocycles. The summed E-state index contributed by atoms with van der Waals surface area (Å²) in [4.78, 5) is 26.6. The molecule has 1 aromatic rings. The zero-order valence-electron chi connectivity index (χ0n) is 11.8. The van der Waals surface area contributed by atoms with Crippen molar-refractivity contribution in [3.8, 4) is 0 Å². The van der Waals surface area contributed by atoms with E-state index >= 15 is 0 Å². The van der Waals surface area contributed by atoms with Gasteiger partial charge in [0.25, 0.3) is 0 Å². The second-order valence-electron chi connectivity index (χ2n) is 4.69. The SMILES string of the molecule is CCCC(CNC(=O)NCc1ccncc1C)C(=O)O. The monoisotopic (exact) mass is 279 g/mol. The molecule has 1 atom stereocenters. The Hall–Kier alpha value is -2.11. The van der Waals surface area contributed by atoms with Crippen LogP contribution >= 0.6 is 0 Å². The van der Waals surface area contributed by atoms with E-state index < -0.39 is 11.9 Å². The highest BCUT2D eigenvalue weighted by Crippen LogP contribution is 2.05. The third-order valence-corrected chi connectivity index (χ3v) is 3.07. The molecular formula is C14H21N3O3. The summed E-state index contributed by atoms with van der Waals surface area (Å²) in [6.07, 6.45) is 4.73. The Balaban J connectivity index is 2.37. The molecule has 110 valence electrons. The van der Waals surface area contributed by atoms with Gasteiger partial charge in [0.2, 0.25) is 0 Å². The lowest BCUT2D eigenvalue weighted by molar-refractivity contribution is -0.141. The first-order valence-electron chi connectivity index (χ1n) is 6.68. The quantitative estimate of drug-likeness (QED) is 0.708. The van der Waals surface area contributed by atoms with Crippen LogP contribution in [-0.4, -0.2) is 28.6 Å². The molecule has 6 heteroatoms. The standard InChI is InChI=1S/C14H21N3O3/c1-3-4-12(13(18)19)9-17-14(20)16-8-11-5-6-15-7-10(11)2/h5-7,12H,3-4,8-9H2,1-2H3,(H,18,19)(H2,16,17,20). The fourth-order valence-corrected chi connectivity index (χ4v) is 1.82. The first kappa shape index (κ1) is 15.9. The van der Waals surface area contributed by atoms with Gasteiger partial charge in [0.05, 0.1) is 5.92 Å². The second-order valence-corrected chi connectivity index (χ2v) is 4.69. The van der Waals surface area contributed by atoms with Crippen LogP contribution in [-0.2, 0) is 11.3 Å². The van der Waals surface area contributed by atoms with Gasteiger partial charge in [0, 0.05) is 25.5 Å². The molecular weight excluding hydrogens is 258 g/mol. The Kier molecular flexibility index (Phi) is 6.49.